The van der Waals surface area contributed by atoms with E-state index in [4.69, 9.17) is 15.7 Å². The highest BCUT2D eigenvalue weighted by Crippen LogP contribution is 2.29. The predicted octanol–water partition coefficient (Wildman–Crippen LogP) is 0.942. The average molecular weight is 147 g/mol. The van der Waals surface area contributed by atoms with Gasteiger partial charge in [0.25, 0.3) is 0 Å². The van der Waals surface area contributed by atoms with Crippen molar-refractivity contribution in [2.45, 2.75) is 44.5 Å². The lowest BCUT2D eigenvalue weighted by atomic mass is 9.81. The van der Waals surface area contributed by atoms with E-state index >= 15 is 0 Å². The summed E-state index contributed by atoms with van der Waals surface area (Å²) in [6.07, 6.45) is 0.928. The summed E-state index contributed by atoms with van der Waals surface area (Å²) in [4.78, 5) is 2.26. The molecule has 0 amide bonds. The van der Waals surface area contributed by atoms with Gasteiger partial charge >= 0.3 is 0 Å². The van der Waals surface area contributed by atoms with Gasteiger partial charge in [-0.25, -0.2) is 0 Å². The Labute approximate surface area is 72.4 Å². The second kappa shape index (κ2) is 2.85. The molecule has 11 heavy (non-hydrogen) atoms. The Morgan fingerprint density at radius 1 is 1.27 bits per heavy atom. The molecule has 0 aromatic rings. The van der Waals surface area contributed by atoms with Crippen LogP contribution in [-0.4, -0.2) is 38.6 Å². The smallest absolute Gasteiger partial charge is 0.0910 e. The average Bonchev–Trinajstić information content (AvgIpc) is 2.08. The molecule has 1 saturated heterocycles. The van der Waals surface area contributed by atoms with Gasteiger partial charge in [-0.05, 0) is 39.7 Å². The summed E-state index contributed by atoms with van der Waals surface area (Å²) < 4.78 is 0. The molecule has 0 aromatic carbocycles. The summed E-state index contributed by atoms with van der Waals surface area (Å²) in [6.45, 7) is 7.45. The predicted molar refractivity (Wildman–Crippen MR) is 50.1 cm³/mol. The molecule has 2 atom stereocenters. The van der Waals surface area contributed by atoms with Crippen molar-refractivity contribution in [2.24, 2.45) is 0 Å². The monoisotopic (exact) mass is 147 g/mol. The summed E-state index contributed by atoms with van der Waals surface area (Å²) in [5, 5.41) is 0. The van der Waals surface area contributed by atoms with Crippen LogP contribution in [0.15, 0.2) is 0 Å². The number of likely N-dealkylation sites (tertiary alicyclic amines) is 1. The molecule has 0 bridgehead atoms. The maximum atomic E-state index is 5.90. The molecule has 3 heteroatoms. The maximum Gasteiger partial charge on any atom is 0.0910 e. The molecule has 0 aromatic heterocycles. The largest absolute Gasteiger partial charge is 0.305 e. The molecule has 0 aliphatic carbocycles. The second-order valence-corrected chi connectivity index (χ2v) is 4.39. The van der Waals surface area contributed by atoms with Crippen LogP contribution < -0.4 is 0 Å². The summed E-state index contributed by atoms with van der Waals surface area (Å²) in [6, 6.07) is 0. The molecule has 1 aliphatic rings. The summed E-state index contributed by atoms with van der Waals surface area (Å²) in [5.41, 5.74) is 0.160. The first kappa shape index (κ1) is 9.18. The van der Waals surface area contributed by atoms with Crippen LogP contribution in [-0.2, 0) is 0 Å². The lowest BCUT2D eigenvalue weighted by Crippen LogP contribution is -2.44. The third-order valence-corrected chi connectivity index (χ3v) is 2.24. The van der Waals surface area contributed by atoms with Crippen molar-refractivity contribution >= 4 is 15.7 Å². The summed E-state index contributed by atoms with van der Waals surface area (Å²) in [5.74, 6) is 0.425. The summed E-state index contributed by atoms with van der Waals surface area (Å²) in [7, 11) is 11.7. The van der Waals surface area contributed by atoms with Crippen molar-refractivity contribution in [3.05, 3.63) is 0 Å². The topological polar surface area (TPSA) is 3.24 Å². The van der Waals surface area contributed by atoms with Crippen LogP contribution in [0.5, 0.6) is 0 Å². The van der Waals surface area contributed by atoms with E-state index in [0.717, 1.165) is 13.0 Å². The molecule has 0 spiro atoms. The fraction of sp³-hybridized carbons (Fsp3) is 1.00. The Morgan fingerprint density at radius 3 is 2.00 bits per heavy atom. The van der Waals surface area contributed by atoms with Crippen LogP contribution in [0.25, 0.3) is 0 Å². The van der Waals surface area contributed by atoms with E-state index in [0.29, 0.717) is 0 Å². The van der Waals surface area contributed by atoms with Gasteiger partial charge in [-0.3, -0.25) is 0 Å². The minimum absolute atomic E-state index is 0.157. The van der Waals surface area contributed by atoms with Gasteiger partial charge in [0.05, 0.1) is 15.7 Å². The van der Waals surface area contributed by atoms with Crippen molar-refractivity contribution in [1.29, 1.82) is 0 Å². The molecule has 58 valence electrons. The minimum Gasteiger partial charge on any atom is -0.305 e. The zero-order valence-electron chi connectivity index (χ0n) is 7.67. The first-order chi connectivity index (χ1) is 4.91. The fourth-order valence-corrected chi connectivity index (χ4v) is 1.67. The first-order valence-corrected chi connectivity index (χ1v) is 4.19. The first-order valence-electron chi connectivity index (χ1n) is 4.19. The van der Waals surface area contributed by atoms with E-state index in [9.17, 15) is 0 Å². The van der Waals surface area contributed by atoms with Crippen LogP contribution in [0, 0.1) is 0 Å². The Balaban J connectivity index is 2.60. The van der Waals surface area contributed by atoms with Crippen molar-refractivity contribution < 1.29 is 0 Å². The van der Waals surface area contributed by atoms with Gasteiger partial charge in [-0.2, -0.15) is 0 Å². The summed E-state index contributed by atoms with van der Waals surface area (Å²) >= 11 is 0. The van der Waals surface area contributed by atoms with Crippen molar-refractivity contribution in [2.75, 3.05) is 6.54 Å². The normalized spacial score (nSPS) is 34.5. The lowest BCUT2D eigenvalue weighted by Gasteiger charge is -2.36. The third-order valence-electron chi connectivity index (χ3n) is 2.24. The zero-order chi connectivity index (χ0) is 8.65. The molecule has 4 radical (unpaired) electrons. The molecule has 1 nitrogen and oxygen atoms in total. The van der Waals surface area contributed by atoms with Crippen LogP contribution in [0.2, 0.25) is 5.82 Å². The molecular weight excluding hydrogens is 132 g/mol. The van der Waals surface area contributed by atoms with E-state index in [-0.39, 0.29) is 17.3 Å². The van der Waals surface area contributed by atoms with Gasteiger partial charge in [-0.15, -0.1) is 0 Å². The van der Waals surface area contributed by atoms with Crippen molar-refractivity contribution in [3.8, 4) is 0 Å². The molecule has 2 unspecified atom stereocenters. The maximum absolute atomic E-state index is 5.90. The standard InChI is InChI=1S/C8H15B2N/c1-8(2,3)11-5-6(9)4-7(11)10/h6-7H,4-5H2,1-3H3. The van der Waals surface area contributed by atoms with Crippen LogP contribution in [0.3, 0.4) is 0 Å². The van der Waals surface area contributed by atoms with Gasteiger partial charge < -0.3 is 4.90 Å². The molecular formula is C8H15B2N. The zero-order valence-corrected chi connectivity index (χ0v) is 7.67. The quantitative estimate of drug-likeness (QED) is 0.460. The Kier molecular flexibility index (Phi) is 2.38. The number of rotatable bonds is 0. The van der Waals surface area contributed by atoms with Crippen LogP contribution in [0.4, 0.5) is 0 Å². The Hall–Kier alpha value is 0.0899. The number of hydrogen-bond acceptors (Lipinski definition) is 1. The van der Waals surface area contributed by atoms with Crippen LogP contribution in [0.1, 0.15) is 27.2 Å². The van der Waals surface area contributed by atoms with Gasteiger partial charge in [-0.1, -0.05) is 5.82 Å². The number of hydrogen-bond donors (Lipinski definition) is 0. The lowest BCUT2D eigenvalue weighted by molar-refractivity contribution is 0.157. The van der Waals surface area contributed by atoms with Crippen molar-refractivity contribution in [1.82, 2.24) is 4.90 Å². The van der Waals surface area contributed by atoms with Gasteiger partial charge in [0, 0.05) is 5.54 Å². The van der Waals surface area contributed by atoms with Gasteiger partial charge in [0.1, 0.15) is 0 Å². The number of nitrogens with zero attached hydrogens (tertiary/aromatic N) is 1. The molecule has 1 heterocycles. The van der Waals surface area contributed by atoms with E-state index in [2.05, 4.69) is 25.7 Å². The highest BCUT2D eigenvalue weighted by atomic mass is 15.2. The molecule has 1 rings (SSSR count). The van der Waals surface area contributed by atoms with Gasteiger partial charge in [0.2, 0.25) is 0 Å². The Bertz CT molecular complexity index is 142. The highest BCUT2D eigenvalue weighted by molar-refractivity contribution is 6.15. The van der Waals surface area contributed by atoms with E-state index in [1.54, 1.807) is 0 Å². The molecule has 1 fully saturated rings. The second-order valence-electron chi connectivity index (χ2n) is 4.39. The molecule has 0 saturated carbocycles. The molecule has 1 aliphatic heterocycles. The van der Waals surface area contributed by atoms with E-state index in [1.165, 1.54) is 0 Å². The highest BCUT2D eigenvalue weighted by Gasteiger charge is 2.32. The SMILES string of the molecule is [B]C1CC([B])N(C(C)(C)C)C1. The fourth-order valence-electron chi connectivity index (χ4n) is 1.67. The van der Waals surface area contributed by atoms with Gasteiger partial charge in [0.15, 0.2) is 0 Å². The Morgan fingerprint density at radius 2 is 1.82 bits per heavy atom. The van der Waals surface area contributed by atoms with E-state index < -0.39 is 0 Å². The minimum atomic E-state index is 0.157. The van der Waals surface area contributed by atoms with Crippen molar-refractivity contribution in [3.63, 3.8) is 0 Å². The van der Waals surface area contributed by atoms with E-state index in [1.807, 2.05) is 0 Å². The molecule has 0 N–H and O–H groups in total. The van der Waals surface area contributed by atoms with Crippen LogP contribution >= 0.6 is 0 Å². The third kappa shape index (κ3) is 2.02.